The van der Waals surface area contributed by atoms with Crippen molar-refractivity contribution in [3.8, 4) is 33.6 Å². The van der Waals surface area contributed by atoms with Gasteiger partial charge in [-0.15, -0.1) is 0 Å². The summed E-state index contributed by atoms with van der Waals surface area (Å²) in [6.45, 7) is 0. The van der Waals surface area contributed by atoms with Crippen LogP contribution in [0.3, 0.4) is 0 Å². The summed E-state index contributed by atoms with van der Waals surface area (Å²) in [5.74, 6) is 1.02. The van der Waals surface area contributed by atoms with Crippen molar-refractivity contribution in [3.05, 3.63) is 140 Å². The van der Waals surface area contributed by atoms with E-state index in [1.807, 2.05) is 6.07 Å². The Labute approximate surface area is 255 Å². The van der Waals surface area contributed by atoms with Gasteiger partial charge in [0.05, 0.1) is 17.1 Å². The second-order valence-electron chi connectivity index (χ2n) is 11.8. The lowest BCUT2D eigenvalue weighted by molar-refractivity contribution is 0.532. The van der Waals surface area contributed by atoms with Crippen LogP contribution in [0.4, 0.5) is 0 Å². The number of aromatic nitrogens is 2. The van der Waals surface area contributed by atoms with Crippen molar-refractivity contribution < 1.29 is 4.42 Å². The molecule has 210 valence electrons. The zero-order valence-electron chi connectivity index (χ0n) is 24.3. The average molecular weight is 567 g/mol. The molecule has 8 aromatic rings. The molecule has 3 heteroatoms. The lowest BCUT2D eigenvalue weighted by Crippen LogP contribution is -2.10. The standard InChI is InChI=1S/C41H30N2O/c1-3-13-27(14-4-1)38-37(31-17-7-8-18-32(31)39-33-19-9-12-22-36(33)44-40(38)39)28-23-25-29(26-24-28)41-42-34-20-10-11-21-35(34)43(41)30-15-5-2-6-16-30/h1,3-5,7-15,17-26,30H,2,6,16H2. The SMILES string of the molecule is C1=CC(n2c(-c3ccc(-c4c(-c5ccccc5)c5oc6ccccc6c5c5ccccc45)cc3)nc3ccccc32)CCC1. The van der Waals surface area contributed by atoms with E-state index < -0.39 is 0 Å². The smallest absolute Gasteiger partial charge is 0.144 e. The van der Waals surface area contributed by atoms with Gasteiger partial charge in [0.2, 0.25) is 0 Å². The highest BCUT2D eigenvalue weighted by molar-refractivity contribution is 6.27. The number of imidazole rings is 1. The van der Waals surface area contributed by atoms with Crippen molar-refractivity contribution in [2.45, 2.75) is 25.3 Å². The van der Waals surface area contributed by atoms with E-state index in [0.29, 0.717) is 6.04 Å². The highest BCUT2D eigenvalue weighted by Crippen LogP contribution is 2.48. The van der Waals surface area contributed by atoms with Gasteiger partial charge in [-0.2, -0.15) is 0 Å². The lowest BCUT2D eigenvalue weighted by atomic mass is 9.87. The molecule has 0 fully saturated rings. The molecule has 1 atom stereocenters. The van der Waals surface area contributed by atoms with Gasteiger partial charge >= 0.3 is 0 Å². The molecule has 6 aromatic carbocycles. The average Bonchev–Trinajstić information content (AvgIpc) is 3.68. The van der Waals surface area contributed by atoms with Gasteiger partial charge in [-0.05, 0) is 59.4 Å². The van der Waals surface area contributed by atoms with Crippen LogP contribution in [-0.4, -0.2) is 9.55 Å². The topological polar surface area (TPSA) is 31.0 Å². The van der Waals surface area contributed by atoms with Crippen molar-refractivity contribution in [2.24, 2.45) is 0 Å². The van der Waals surface area contributed by atoms with Crippen molar-refractivity contribution in [2.75, 3.05) is 0 Å². The third kappa shape index (κ3) is 3.86. The first-order chi connectivity index (χ1) is 21.8. The van der Waals surface area contributed by atoms with Crippen LogP contribution in [0.2, 0.25) is 0 Å². The fourth-order valence-corrected chi connectivity index (χ4v) is 7.22. The molecule has 0 bridgehead atoms. The first-order valence-electron chi connectivity index (χ1n) is 15.5. The van der Waals surface area contributed by atoms with Crippen LogP contribution in [0.5, 0.6) is 0 Å². The number of hydrogen-bond acceptors (Lipinski definition) is 2. The van der Waals surface area contributed by atoms with E-state index in [1.165, 1.54) is 33.7 Å². The van der Waals surface area contributed by atoms with E-state index in [2.05, 4.69) is 138 Å². The maximum absolute atomic E-state index is 6.70. The second-order valence-corrected chi connectivity index (χ2v) is 11.8. The molecule has 0 radical (unpaired) electrons. The zero-order valence-corrected chi connectivity index (χ0v) is 24.3. The van der Waals surface area contributed by atoms with Crippen molar-refractivity contribution >= 4 is 43.7 Å². The van der Waals surface area contributed by atoms with Gasteiger partial charge in [0, 0.05) is 27.5 Å². The molecule has 2 aromatic heterocycles. The third-order valence-electron chi connectivity index (χ3n) is 9.19. The molecule has 44 heavy (non-hydrogen) atoms. The molecule has 0 amide bonds. The molecular weight excluding hydrogens is 536 g/mol. The molecule has 9 rings (SSSR count). The minimum atomic E-state index is 0.315. The molecule has 1 unspecified atom stereocenters. The molecule has 1 aliphatic rings. The Bertz CT molecular complexity index is 2360. The second kappa shape index (κ2) is 10.1. The quantitative estimate of drug-likeness (QED) is 0.198. The number of allylic oxidation sites excluding steroid dienone is 2. The van der Waals surface area contributed by atoms with E-state index in [9.17, 15) is 0 Å². The Balaban J connectivity index is 1.30. The van der Waals surface area contributed by atoms with Crippen molar-refractivity contribution in [1.82, 2.24) is 9.55 Å². The van der Waals surface area contributed by atoms with Crippen LogP contribution < -0.4 is 0 Å². The van der Waals surface area contributed by atoms with E-state index in [0.717, 1.165) is 63.0 Å². The minimum absolute atomic E-state index is 0.315. The summed E-state index contributed by atoms with van der Waals surface area (Å²) in [5.41, 5.74) is 9.82. The van der Waals surface area contributed by atoms with Gasteiger partial charge in [-0.3, -0.25) is 0 Å². The molecule has 2 heterocycles. The van der Waals surface area contributed by atoms with E-state index in [1.54, 1.807) is 0 Å². The van der Waals surface area contributed by atoms with Crippen LogP contribution in [0, 0.1) is 0 Å². The summed E-state index contributed by atoms with van der Waals surface area (Å²) in [7, 11) is 0. The number of nitrogens with zero attached hydrogens (tertiary/aromatic N) is 2. The Hall–Kier alpha value is -5.41. The number of hydrogen-bond donors (Lipinski definition) is 0. The summed E-state index contributed by atoms with van der Waals surface area (Å²) in [5, 5.41) is 4.74. The number of fused-ring (bicyclic) bond motifs is 6. The highest BCUT2D eigenvalue weighted by atomic mass is 16.3. The molecular formula is C41H30N2O. The monoisotopic (exact) mass is 566 g/mol. The normalized spacial score (nSPS) is 15.1. The van der Waals surface area contributed by atoms with Crippen LogP contribution >= 0.6 is 0 Å². The summed E-state index contributed by atoms with van der Waals surface area (Å²) in [6, 6.07) is 45.6. The molecule has 0 spiro atoms. The molecule has 1 aliphatic carbocycles. The molecule has 3 nitrogen and oxygen atoms in total. The van der Waals surface area contributed by atoms with Gasteiger partial charge in [-0.1, -0.05) is 121 Å². The fourth-order valence-electron chi connectivity index (χ4n) is 7.22. The van der Waals surface area contributed by atoms with Crippen LogP contribution in [0.15, 0.2) is 144 Å². The van der Waals surface area contributed by atoms with E-state index in [4.69, 9.17) is 9.40 Å². The highest BCUT2D eigenvalue weighted by Gasteiger charge is 2.23. The Morgan fingerprint density at radius 2 is 1.30 bits per heavy atom. The lowest BCUT2D eigenvalue weighted by Gasteiger charge is -2.21. The summed E-state index contributed by atoms with van der Waals surface area (Å²) < 4.78 is 9.13. The van der Waals surface area contributed by atoms with Gasteiger partial charge in [0.1, 0.15) is 17.0 Å². The van der Waals surface area contributed by atoms with E-state index >= 15 is 0 Å². The minimum Gasteiger partial charge on any atom is -0.455 e. The molecule has 0 aliphatic heterocycles. The Kier molecular flexibility index (Phi) is 5.77. The predicted molar refractivity (Wildman–Crippen MR) is 183 cm³/mol. The zero-order chi connectivity index (χ0) is 29.0. The first kappa shape index (κ1) is 25.1. The number of rotatable bonds is 4. The Morgan fingerprint density at radius 1 is 0.614 bits per heavy atom. The summed E-state index contributed by atoms with van der Waals surface area (Å²) in [6.07, 6.45) is 8.16. The molecule has 0 N–H and O–H groups in total. The number of benzene rings is 6. The van der Waals surface area contributed by atoms with Gasteiger partial charge < -0.3 is 8.98 Å². The fraction of sp³-hybridized carbons (Fsp3) is 0.0976. The van der Waals surface area contributed by atoms with Crippen LogP contribution in [0.25, 0.3) is 77.4 Å². The Morgan fingerprint density at radius 3 is 2.11 bits per heavy atom. The van der Waals surface area contributed by atoms with Crippen LogP contribution in [-0.2, 0) is 0 Å². The van der Waals surface area contributed by atoms with Gasteiger partial charge in [-0.25, -0.2) is 4.98 Å². The summed E-state index contributed by atoms with van der Waals surface area (Å²) >= 11 is 0. The molecule has 0 saturated carbocycles. The predicted octanol–water partition coefficient (Wildman–Crippen LogP) is 11.4. The third-order valence-corrected chi connectivity index (χ3v) is 9.19. The van der Waals surface area contributed by atoms with Crippen molar-refractivity contribution in [1.29, 1.82) is 0 Å². The van der Waals surface area contributed by atoms with Gasteiger partial charge in [0.25, 0.3) is 0 Å². The van der Waals surface area contributed by atoms with Crippen LogP contribution in [0.1, 0.15) is 25.3 Å². The summed E-state index contributed by atoms with van der Waals surface area (Å²) in [4.78, 5) is 5.15. The maximum Gasteiger partial charge on any atom is 0.144 e. The van der Waals surface area contributed by atoms with Gasteiger partial charge in [0.15, 0.2) is 0 Å². The number of para-hydroxylation sites is 3. The largest absolute Gasteiger partial charge is 0.455 e. The van der Waals surface area contributed by atoms with E-state index in [-0.39, 0.29) is 0 Å². The first-order valence-corrected chi connectivity index (χ1v) is 15.5. The van der Waals surface area contributed by atoms with Crippen molar-refractivity contribution in [3.63, 3.8) is 0 Å². The number of furan rings is 1. The molecule has 0 saturated heterocycles. The maximum atomic E-state index is 6.70.